The number of non-ortho nitro benzene ring substituents is 1. The Morgan fingerprint density at radius 2 is 1.86 bits per heavy atom. The van der Waals surface area contributed by atoms with Gasteiger partial charge in [0.05, 0.1) is 15.0 Å². The number of rotatable bonds is 3. The van der Waals surface area contributed by atoms with Gasteiger partial charge in [0.15, 0.2) is 11.8 Å². The quantitative estimate of drug-likeness (QED) is 0.472. The van der Waals surface area contributed by atoms with Crippen molar-refractivity contribution in [3.05, 3.63) is 32.3 Å². The fourth-order valence-electron chi connectivity index (χ4n) is 0.844. The van der Waals surface area contributed by atoms with Crippen LogP contribution in [0.25, 0.3) is 0 Å². The third kappa shape index (κ3) is 2.41. The second-order valence-corrected chi connectivity index (χ2v) is 3.28. The molecule has 0 atom stereocenters. The maximum Gasteiger partial charge on any atom is 0.272 e. The molecule has 0 aliphatic carbocycles. The number of halogens is 3. The van der Waals surface area contributed by atoms with Crippen LogP contribution in [-0.2, 0) is 0 Å². The van der Waals surface area contributed by atoms with Crippen LogP contribution in [0.2, 0.25) is 10.0 Å². The minimum absolute atomic E-state index is 0.0600. The molecule has 7 heteroatoms. The van der Waals surface area contributed by atoms with E-state index in [-0.39, 0.29) is 27.5 Å². The molecule has 0 unspecified atom stereocenters. The Kier molecular flexibility index (Phi) is 3.80. The van der Waals surface area contributed by atoms with Crippen LogP contribution < -0.4 is 4.74 Å². The fraction of sp³-hybridized carbons (Fsp3) is 0.143. The van der Waals surface area contributed by atoms with Gasteiger partial charge in [-0.1, -0.05) is 34.8 Å². The minimum Gasteiger partial charge on any atom is -0.475 e. The molecule has 4 nitrogen and oxygen atoms in total. The van der Waals surface area contributed by atoms with Crippen LogP contribution in [-0.4, -0.2) is 11.0 Å². The highest BCUT2D eigenvalue weighted by Crippen LogP contribution is 2.36. The number of benzene rings is 1. The van der Waals surface area contributed by atoms with Crippen LogP contribution in [0.4, 0.5) is 5.69 Å². The smallest absolute Gasteiger partial charge is 0.272 e. The molecule has 0 aliphatic heterocycles. The molecule has 76 valence electrons. The molecule has 0 amide bonds. The standard InChI is InChI=1S/C7H4Cl3NO3/c8-3-14-7-5(9)1-4(11(12)13)2-6(7)10/h1-2H,3H2. The molecule has 1 aromatic rings. The summed E-state index contributed by atoms with van der Waals surface area (Å²) in [6.45, 7) is 0. The molecule has 0 heterocycles. The van der Waals surface area contributed by atoms with Gasteiger partial charge >= 0.3 is 0 Å². The first-order valence-electron chi connectivity index (χ1n) is 3.38. The zero-order chi connectivity index (χ0) is 10.7. The highest BCUT2D eigenvalue weighted by molar-refractivity contribution is 6.37. The molecule has 1 rings (SSSR count). The Balaban J connectivity index is 3.18. The molecule has 0 saturated heterocycles. The third-order valence-electron chi connectivity index (χ3n) is 1.39. The van der Waals surface area contributed by atoms with Crippen LogP contribution in [0, 0.1) is 10.1 Å². The average molecular weight is 256 g/mol. The lowest BCUT2D eigenvalue weighted by Crippen LogP contribution is -1.93. The zero-order valence-corrected chi connectivity index (χ0v) is 8.94. The summed E-state index contributed by atoms with van der Waals surface area (Å²) in [5.41, 5.74) is -0.193. The Bertz CT molecular complexity index is 346. The third-order valence-corrected chi connectivity index (χ3v) is 2.06. The van der Waals surface area contributed by atoms with Crippen molar-refractivity contribution in [2.45, 2.75) is 0 Å². The Labute approximate surface area is 94.5 Å². The minimum atomic E-state index is -0.595. The summed E-state index contributed by atoms with van der Waals surface area (Å²) in [4.78, 5) is 9.80. The van der Waals surface area contributed by atoms with Crippen molar-refractivity contribution in [2.24, 2.45) is 0 Å². The van der Waals surface area contributed by atoms with E-state index < -0.39 is 4.92 Å². The van der Waals surface area contributed by atoms with Gasteiger partial charge in [0.1, 0.15) is 0 Å². The van der Waals surface area contributed by atoms with Gasteiger partial charge in [-0.15, -0.1) is 0 Å². The predicted molar refractivity (Wildman–Crippen MR) is 54.5 cm³/mol. The van der Waals surface area contributed by atoms with E-state index in [1.165, 1.54) is 0 Å². The van der Waals surface area contributed by atoms with Gasteiger partial charge in [-0.3, -0.25) is 10.1 Å². The summed E-state index contributed by atoms with van der Waals surface area (Å²) in [7, 11) is 0. The summed E-state index contributed by atoms with van der Waals surface area (Å²) in [6.07, 6.45) is 0. The molecule has 0 saturated carbocycles. The summed E-state index contributed by atoms with van der Waals surface area (Å²) < 4.78 is 4.88. The Morgan fingerprint density at radius 1 is 1.36 bits per heavy atom. The monoisotopic (exact) mass is 255 g/mol. The van der Waals surface area contributed by atoms with E-state index in [1.54, 1.807) is 0 Å². The summed E-state index contributed by atoms with van der Waals surface area (Å²) in [6, 6.07) is 2.17. The van der Waals surface area contributed by atoms with Crippen molar-refractivity contribution >= 4 is 40.5 Å². The van der Waals surface area contributed by atoms with Gasteiger partial charge in [-0.2, -0.15) is 0 Å². The lowest BCUT2D eigenvalue weighted by Gasteiger charge is -2.05. The summed E-state index contributed by atoms with van der Waals surface area (Å²) in [5, 5.41) is 10.5. The summed E-state index contributed by atoms with van der Waals surface area (Å²) >= 11 is 16.7. The van der Waals surface area contributed by atoms with Gasteiger partial charge in [0, 0.05) is 12.1 Å². The second-order valence-electron chi connectivity index (χ2n) is 2.25. The van der Waals surface area contributed by atoms with Gasteiger partial charge in [0.25, 0.3) is 5.69 Å². The molecule has 0 fully saturated rings. The lowest BCUT2D eigenvalue weighted by molar-refractivity contribution is -0.384. The number of alkyl halides is 1. The average Bonchev–Trinajstić information content (AvgIpc) is 2.10. The van der Waals surface area contributed by atoms with Crippen LogP contribution in [0.15, 0.2) is 12.1 Å². The van der Waals surface area contributed by atoms with E-state index in [9.17, 15) is 10.1 Å². The molecule has 14 heavy (non-hydrogen) atoms. The number of nitrogens with zero attached hydrogens (tertiary/aromatic N) is 1. The lowest BCUT2D eigenvalue weighted by atomic mass is 10.3. The zero-order valence-electron chi connectivity index (χ0n) is 6.67. The highest BCUT2D eigenvalue weighted by Gasteiger charge is 2.15. The van der Waals surface area contributed by atoms with Crippen molar-refractivity contribution in [1.82, 2.24) is 0 Å². The first-order valence-corrected chi connectivity index (χ1v) is 4.67. The van der Waals surface area contributed by atoms with Gasteiger partial charge in [-0.05, 0) is 0 Å². The molecule has 0 aromatic heterocycles. The van der Waals surface area contributed by atoms with Gasteiger partial charge in [-0.25, -0.2) is 0 Å². The van der Waals surface area contributed by atoms with Crippen LogP contribution >= 0.6 is 34.8 Å². The van der Waals surface area contributed by atoms with Crippen molar-refractivity contribution in [3.63, 3.8) is 0 Å². The van der Waals surface area contributed by atoms with E-state index >= 15 is 0 Å². The summed E-state index contributed by atoms with van der Waals surface area (Å²) in [5.74, 6) is 0.147. The van der Waals surface area contributed by atoms with Crippen molar-refractivity contribution < 1.29 is 9.66 Å². The Morgan fingerprint density at radius 3 is 2.21 bits per heavy atom. The molecular formula is C7H4Cl3NO3. The molecule has 0 aliphatic rings. The van der Waals surface area contributed by atoms with Crippen LogP contribution in [0.1, 0.15) is 0 Å². The van der Waals surface area contributed by atoms with Gasteiger partial charge < -0.3 is 4.74 Å². The van der Waals surface area contributed by atoms with Crippen molar-refractivity contribution in [3.8, 4) is 5.75 Å². The van der Waals surface area contributed by atoms with Gasteiger partial charge in [0.2, 0.25) is 0 Å². The first kappa shape index (κ1) is 11.4. The van der Waals surface area contributed by atoms with E-state index in [0.717, 1.165) is 12.1 Å². The molecule has 1 aromatic carbocycles. The Hall–Kier alpha value is -0.710. The topological polar surface area (TPSA) is 52.4 Å². The molecule has 0 spiro atoms. The fourth-order valence-corrected chi connectivity index (χ4v) is 1.54. The number of ether oxygens (including phenoxy) is 1. The van der Waals surface area contributed by atoms with E-state index in [0.29, 0.717) is 0 Å². The van der Waals surface area contributed by atoms with Crippen molar-refractivity contribution in [2.75, 3.05) is 6.07 Å². The number of nitro benzene ring substituents is 1. The van der Waals surface area contributed by atoms with Crippen LogP contribution in [0.3, 0.4) is 0 Å². The first-order chi connectivity index (χ1) is 6.56. The normalized spacial score (nSPS) is 9.93. The highest BCUT2D eigenvalue weighted by atomic mass is 35.5. The molecule has 0 bridgehead atoms. The number of hydrogen-bond acceptors (Lipinski definition) is 3. The maximum absolute atomic E-state index is 10.4. The van der Waals surface area contributed by atoms with E-state index in [1.807, 2.05) is 0 Å². The van der Waals surface area contributed by atoms with E-state index in [2.05, 4.69) is 0 Å². The molecule has 0 N–H and O–H groups in total. The number of hydrogen-bond donors (Lipinski definition) is 0. The second kappa shape index (κ2) is 4.68. The van der Waals surface area contributed by atoms with E-state index in [4.69, 9.17) is 39.5 Å². The molecular weight excluding hydrogens is 252 g/mol. The van der Waals surface area contributed by atoms with Crippen LogP contribution in [0.5, 0.6) is 5.75 Å². The maximum atomic E-state index is 10.4. The SMILES string of the molecule is O=[N+]([O-])c1cc(Cl)c(OCCl)c(Cl)c1. The largest absolute Gasteiger partial charge is 0.475 e. The molecule has 0 radical (unpaired) electrons. The van der Waals surface area contributed by atoms with Crippen molar-refractivity contribution in [1.29, 1.82) is 0 Å². The number of nitro groups is 1. The predicted octanol–water partition coefficient (Wildman–Crippen LogP) is 3.48.